The summed E-state index contributed by atoms with van der Waals surface area (Å²) in [6.45, 7) is 4.84. The summed E-state index contributed by atoms with van der Waals surface area (Å²) in [4.78, 5) is 4.53. The topological polar surface area (TPSA) is 74.2 Å². The summed E-state index contributed by atoms with van der Waals surface area (Å²) in [5.41, 5.74) is 6.11. The predicted molar refractivity (Wildman–Crippen MR) is 81.7 cm³/mol. The molecule has 0 aliphatic heterocycles. The second-order valence-electron chi connectivity index (χ2n) is 6.01. The Morgan fingerprint density at radius 1 is 1.29 bits per heavy atom. The van der Waals surface area contributed by atoms with Gasteiger partial charge in [0.1, 0.15) is 6.10 Å². The summed E-state index contributed by atoms with van der Waals surface area (Å²) < 4.78 is 11.3. The van der Waals surface area contributed by atoms with Crippen LogP contribution < -0.4 is 5.73 Å². The molecule has 0 spiro atoms. The van der Waals surface area contributed by atoms with Crippen molar-refractivity contribution in [2.75, 3.05) is 6.61 Å². The maximum absolute atomic E-state index is 6.11. The molecule has 1 aromatic rings. The average molecular weight is 295 g/mol. The largest absolute Gasteiger partial charge is 0.370 e. The lowest BCUT2D eigenvalue weighted by atomic mass is 9.85. The van der Waals surface area contributed by atoms with E-state index >= 15 is 0 Å². The summed E-state index contributed by atoms with van der Waals surface area (Å²) in [6, 6.07) is -0.153. The van der Waals surface area contributed by atoms with Crippen molar-refractivity contribution in [1.82, 2.24) is 10.1 Å². The molecule has 0 bridgehead atoms. The number of ether oxygens (including phenoxy) is 1. The Hall–Kier alpha value is -0.940. The monoisotopic (exact) mass is 295 g/mol. The zero-order valence-electron chi connectivity index (χ0n) is 13.4. The summed E-state index contributed by atoms with van der Waals surface area (Å²) in [7, 11) is 0. The van der Waals surface area contributed by atoms with Crippen LogP contribution in [0.4, 0.5) is 0 Å². The Morgan fingerprint density at radius 2 is 2.05 bits per heavy atom. The molecular weight excluding hydrogens is 266 g/mol. The lowest BCUT2D eigenvalue weighted by Crippen LogP contribution is -2.20. The molecular formula is C16H29N3O2. The Bertz CT molecular complexity index is 402. The van der Waals surface area contributed by atoms with Crippen LogP contribution in [0.15, 0.2) is 4.52 Å². The number of hydrogen-bond acceptors (Lipinski definition) is 5. The van der Waals surface area contributed by atoms with E-state index in [1.807, 2.05) is 6.92 Å². The van der Waals surface area contributed by atoms with Crippen LogP contribution in [0.3, 0.4) is 0 Å². The molecule has 1 fully saturated rings. The fourth-order valence-corrected chi connectivity index (χ4v) is 3.10. The highest BCUT2D eigenvalue weighted by Crippen LogP contribution is 2.36. The van der Waals surface area contributed by atoms with E-state index in [2.05, 4.69) is 17.1 Å². The highest BCUT2D eigenvalue weighted by atomic mass is 16.5. The zero-order valence-corrected chi connectivity index (χ0v) is 13.4. The van der Waals surface area contributed by atoms with Gasteiger partial charge in [0.05, 0.1) is 6.04 Å². The van der Waals surface area contributed by atoms with Crippen LogP contribution in [-0.4, -0.2) is 16.7 Å². The fourth-order valence-electron chi connectivity index (χ4n) is 3.10. The zero-order chi connectivity index (χ0) is 15.1. The summed E-state index contributed by atoms with van der Waals surface area (Å²) in [6.07, 6.45) is 9.31. The Morgan fingerprint density at radius 3 is 2.71 bits per heavy atom. The van der Waals surface area contributed by atoms with E-state index in [0.717, 1.165) is 19.3 Å². The molecule has 0 saturated heterocycles. The third-order valence-electron chi connectivity index (χ3n) is 4.32. The molecule has 0 aromatic carbocycles. The summed E-state index contributed by atoms with van der Waals surface area (Å²) in [5, 5.41) is 4.15. The second-order valence-corrected chi connectivity index (χ2v) is 6.01. The first kappa shape index (κ1) is 16.4. The molecule has 1 unspecified atom stereocenters. The van der Waals surface area contributed by atoms with Crippen LogP contribution in [0.5, 0.6) is 0 Å². The van der Waals surface area contributed by atoms with Crippen molar-refractivity contribution in [2.45, 2.75) is 77.4 Å². The van der Waals surface area contributed by atoms with Crippen LogP contribution in [0.25, 0.3) is 0 Å². The molecule has 2 atom stereocenters. The lowest BCUT2D eigenvalue weighted by molar-refractivity contribution is -0.00145. The molecule has 2 rings (SSSR count). The second kappa shape index (κ2) is 8.49. The van der Waals surface area contributed by atoms with Crippen molar-refractivity contribution in [3.8, 4) is 0 Å². The van der Waals surface area contributed by atoms with Crippen molar-refractivity contribution in [3.63, 3.8) is 0 Å². The van der Waals surface area contributed by atoms with Gasteiger partial charge in [0, 0.05) is 6.61 Å². The van der Waals surface area contributed by atoms with E-state index in [0.29, 0.717) is 24.2 Å². The molecule has 1 aliphatic carbocycles. The SMILES string of the molecule is CCCC[C@H](N)c1nc(C(OCC)C2CCCCC2)no1. The Labute approximate surface area is 127 Å². The summed E-state index contributed by atoms with van der Waals surface area (Å²) >= 11 is 0. The van der Waals surface area contributed by atoms with Crippen molar-refractivity contribution in [3.05, 3.63) is 11.7 Å². The first-order chi connectivity index (χ1) is 10.3. The van der Waals surface area contributed by atoms with E-state index in [-0.39, 0.29) is 12.1 Å². The molecule has 5 nitrogen and oxygen atoms in total. The molecule has 1 aromatic heterocycles. The molecule has 120 valence electrons. The van der Waals surface area contributed by atoms with Gasteiger partial charge in [-0.15, -0.1) is 0 Å². The Balaban J connectivity index is 2.04. The van der Waals surface area contributed by atoms with Gasteiger partial charge in [-0.2, -0.15) is 4.98 Å². The molecule has 1 heterocycles. The van der Waals surface area contributed by atoms with Crippen molar-refractivity contribution in [1.29, 1.82) is 0 Å². The lowest BCUT2D eigenvalue weighted by Gasteiger charge is -2.27. The minimum absolute atomic E-state index is 0.0359. The normalized spacial score (nSPS) is 19.6. The van der Waals surface area contributed by atoms with Gasteiger partial charge < -0.3 is 15.0 Å². The number of hydrogen-bond donors (Lipinski definition) is 1. The van der Waals surface area contributed by atoms with Crippen LogP contribution in [0.2, 0.25) is 0 Å². The first-order valence-corrected chi connectivity index (χ1v) is 8.46. The van der Waals surface area contributed by atoms with Crippen LogP contribution in [-0.2, 0) is 4.74 Å². The third kappa shape index (κ3) is 4.51. The van der Waals surface area contributed by atoms with Crippen LogP contribution in [0, 0.1) is 5.92 Å². The molecule has 21 heavy (non-hydrogen) atoms. The van der Waals surface area contributed by atoms with Gasteiger partial charge in [-0.1, -0.05) is 44.2 Å². The van der Waals surface area contributed by atoms with E-state index < -0.39 is 0 Å². The highest BCUT2D eigenvalue weighted by Gasteiger charge is 2.30. The number of unbranched alkanes of at least 4 members (excludes halogenated alkanes) is 1. The van der Waals surface area contributed by atoms with Gasteiger partial charge in [-0.25, -0.2) is 0 Å². The van der Waals surface area contributed by atoms with Crippen molar-refractivity contribution in [2.24, 2.45) is 11.7 Å². The van der Waals surface area contributed by atoms with E-state index in [9.17, 15) is 0 Å². The van der Waals surface area contributed by atoms with Crippen LogP contribution >= 0.6 is 0 Å². The van der Waals surface area contributed by atoms with Gasteiger partial charge in [0.25, 0.3) is 0 Å². The third-order valence-corrected chi connectivity index (χ3v) is 4.32. The molecule has 0 amide bonds. The van der Waals surface area contributed by atoms with Gasteiger partial charge in [0.2, 0.25) is 11.7 Å². The highest BCUT2D eigenvalue weighted by molar-refractivity contribution is 4.97. The number of rotatable bonds is 8. The molecule has 1 saturated carbocycles. The standard InChI is InChI=1S/C16H29N3O2/c1-3-5-11-13(17)16-18-15(19-21-16)14(20-4-2)12-9-7-6-8-10-12/h12-14H,3-11,17H2,1-2H3/t13-,14?/m0/s1. The Kier molecular flexibility index (Phi) is 6.64. The van der Waals surface area contributed by atoms with Gasteiger partial charge in [0.15, 0.2) is 0 Å². The fraction of sp³-hybridized carbons (Fsp3) is 0.875. The maximum atomic E-state index is 6.11. The van der Waals surface area contributed by atoms with Crippen LogP contribution in [0.1, 0.15) is 89.1 Å². The molecule has 2 N–H and O–H groups in total. The van der Waals surface area contributed by atoms with E-state index in [1.54, 1.807) is 0 Å². The average Bonchev–Trinajstić information content (AvgIpc) is 3.00. The van der Waals surface area contributed by atoms with Gasteiger partial charge in [-0.05, 0) is 32.1 Å². The minimum atomic E-state index is -0.153. The quantitative estimate of drug-likeness (QED) is 0.786. The molecule has 5 heteroatoms. The number of aromatic nitrogens is 2. The van der Waals surface area contributed by atoms with E-state index in [1.165, 1.54) is 32.1 Å². The maximum Gasteiger partial charge on any atom is 0.243 e. The smallest absolute Gasteiger partial charge is 0.243 e. The summed E-state index contributed by atoms with van der Waals surface area (Å²) in [5.74, 6) is 1.75. The van der Waals surface area contributed by atoms with Gasteiger partial charge in [-0.3, -0.25) is 0 Å². The first-order valence-electron chi connectivity index (χ1n) is 8.46. The number of nitrogens with zero attached hydrogens (tertiary/aromatic N) is 2. The van der Waals surface area contributed by atoms with Gasteiger partial charge >= 0.3 is 0 Å². The van der Waals surface area contributed by atoms with Crippen molar-refractivity contribution >= 4 is 0 Å². The molecule has 0 radical (unpaired) electrons. The van der Waals surface area contributed by atoms with E-state index in [4.69, 9.17) is 15.0 Å². The predicted octanol–water partition coefficient (Wildman–Crippen LogP) is 3.92. The number of nitrogens with two attached hydrogens (primary N) is 1. The molecule has 1 aliphatic rings. The minimum Gasteiger partial charge on any atom is -0.370 e. The van der Waals surface area contributed by atoms with Crippen molar-refractivity contribution < 1.29 is 9.26 Å².